The van der Waals surface area contributed by atoms with Crippen LogP contribution in [0, 0.1) is 6.92 Å². The van der Waals surface area contributed by atoms with Crippen LogP contribution < -0.4 is 5.32 Å². The average molecular weight is 360 g/mol. The molecule has 2 amide bonds. The van der Waals surface area contributed by atoms with Gasteiger partial charge in [-0.1, -0.05) is 5.16 Å². The van der Waals surface area contributed by atoms with E-state index in [1.807, 2.05) is 11.8 Å². The first-order chi connectivity index (χ1) is 12.2. The van der Waals surface area contributed by atoms with Crippen LogP contribution in [0.2, 0.25) is 0 Å². The fraction of sp³-hybridized carbons (Fsp3) is 0.688. The van der Waals surface area contributed by atoms with Gasteiger partial charge in [0, 0.05) is 42.4 Å². The molecule has 1 aliphatic carbocycles. The summed E-state index contributed by atoms with van der Waals surface area (Å²) in [6.45, 7) is 1.81. The number of amides is 2. The second kappa shape index (κ2) is 5.76. The molecule has 3 fully saturated rings. The van der Waals surface area contributed by atoms with E-state index in [1.165, 1.54) is 11.5 Å². The maximum Gasteiger partial charge on any atom is 0.324 e. The molecule has 5 rings (SSSR count). The van der Waals surface area contributed by atoms with Gasteiger partial charge in [0.1, 0.15) is 5.82 Å². The maximum absolute atomic E-state index is 12.8. The molecule has 0 spiro atoms. The number of carbonyl (C=O) groups excluding carboxylic acids is 1. The molecule has 4 heterocycles. The number of piperidine rings is 1. The lowest BCUT2D eigenvalue weighted by Crippen LogP contribution is -2.48. The Balaban J connectivity index is 1.27. The zero-order valence-corrected chi connectivity index (χ0v) is 14.8. The molecule has 2 unspecified atom stereocenters. The van der Waals surface area contributed by atoms with E-state index in [0.29, 0.717) is 16.9 Å². The lowest BCUT2D eigenvalue weighted by molar-refractivity contribution is 0.147. The number of anilines is 1. The molecule has 1 N–H and O–H groups in total. The number of carbonyl (C=O) groups is 1. The van der Waals surface area contributed by atoms with Crippen LogP contribution in [0.5, 0.6) is 0 Å². The van der Waals surface area contributed by atoms with Crippen molar-refractivity contribution in [2.24, 2.45) is 0 Å². The summed E-state index contributed by atoms with van der Waals surface area (Å²) in [5.41, 5.74) is 0. The van der Waals surface area contributed by atoms with Gasteiger partial charge in [-0.05, 0) is 38.5 Å². The highest BCUT2D eigenvalue weighted by atomic mass is 32.1. The Labute approximate surface area is 149 Å². The highest BCUT2D eigenvalue weighted by molar-refractivity contribution is 7.09. The van der Waals surface area contributed by atoms with Crippen molar-refractivity contribution in [1.29, 1.82) is 0 Å². The third kappa shape index (κ3) is 2.80. The van der Waals surface area contributed by atoms with E-state index in [-0.39, 0.29) is 24.0 Å². The molecule has 2 aliphatic heterocycles. The Morgan fingerprint density at radius 2 is 1.88 bits per heavy atom. The van der Waals surface area contributed by atoms with Crippen LogP contribution in [-0.4, -0.2) is 42.5 Å². The highest BCUT2D eigenvalue weighted by Crippen LogP contribution is 2.43. The zero-order valence-electron chi connectivity index (χ0n) is 14.0. The normalized spacial score (nSPS) is 28.4. The number of nitrogens with one attached hydrogen (secondary N) is 1. The monoisotopic (exact) mass is 360 g/mol. The van der Waals surface area contributed by atoms with Gasteiger partial charge in [-0.3, -0.25) is 5.32 Å². The summed E-state index contributed by atoms with van der Waals surface area (Å²) in [6.07, 6.45) is 6.19. The summed E-state index contributed by atoms with van der Waals surface area (Å²) < 4.78 is 9.48. The van der Waals surface area contributed by atoms with E-state index >= 15 is 0 Å². The third-order valence-electron chi connectivity index (χ3n) is 5.47. The number of rotatable bonds is 3. The van der Waals surface area contributed by atoms with Crippen LogP contribution in [0.15, 0.2) is 4.52 Å². The Kier molecular flexibility index (Phi) is 3.51. The predicted molar refractivity (Wildman–Crippen MR) is 90.6 cm³/mol. The molecule has 2 bridgehead atoms. The van der Waals surface area contributed by atoms with Crippen molar-refractivity contribution in [2.45, 2.75) is 69.4 Å². The van der Waals surface area contributed by atoms with E-state index in [0.717, 1.165) is 50.2 Å². The van der Waals surface area contributed by atoms with E-state index in [9.17, 15) is 4.79 Å². The first-order valence-electron chi connectivity index (χ1n) is 8.90. The maximum atomic E-state index is 12.8. The van der Waals surface area contributed by atoms with Gasteiger partial charge in [-0.2, -0.15) is 9.36 Å². The Morgan fingerprint density at radius 1 is 1.12 bits per heavy atom. The fourth-order valence-corrected chi connectivity index (χ4v) is 4.79. The fourth-order valence-electron chi connectivity index (χ4n) is 4.15. The second-order valence-electron chi connectivity index (χ2n) is 7.29. The summed E-state index contributed by atoms with van der Waals surface area (Å²) in [5.74, 6) is 3.06. The molecule has 1 saturated carbocycles. The molecule has 132 valence electrons. The summed E-state index contributed by atoms with van der Waals surface area (Å²) in [6, 6.07) is 0.422. The smallest absolute Gasteiger partial charge is 0.324 e. The molecule has 3 aliphatic rings. The second-order valence-corrected chi connectivity index (χ2v) is 8.05. The largest absolute Gasteiger partial charge is 0.340 e. The molecule has 2 atom stereocenters. The van der Waals surface area contributed by atoms with Crippen LogP contribution in [0.25, 0.3) is 0 Å². The van der Waals surface area contributed by atoms with Gasteiger partial charge in [-0.15, -0.1) is 0 Å². The van der Waals surface area contributed by atoms with Crippen molar-refractivity contribution in [2.75, 3.05) is 5.32 Å². The van der Waals surface area contributed by atoms with Gasteiger partial charge < -0.3 is 9.42 Å². The van der Waals surface area contributed by atoms with Gasteiger partial charge in [0.05, 0.1) is 0 Å². The molecule has 25 heavy (non-hydrogen) atoms. The van der Waals surface area contributed by atoms with Crippen molar-refractivity contribution in [3.05, 3.63) is 17.5 Å². The van der Waals surface area contributed by atoms with Crippen LogP contribution in [0.3, 0.4) is 0 Å². The number of nitrogens with zero attached hydrogens (tertiary/aromatic N) is 5. The lowest BCUT2D eigenvalue weighted by atomic mass is 9.90. The van der Waals surface area contributed by atoms with Crippen LogP contribution in [-0.2, 0) is 0 Å². The molecule has 9 heteroatoms. The Bertz CT molecular complexity index is 786. The predicted octanol–water partition coefficient (Wildman–Crippen LogP) is 3.05. The zero-order chi connectivity index (χ0) is 17.0. The quantitative estimate of drug-likeness (QED) is 0.903. The van der Waals surface area contributed by atoms with Crippen molar-refractivity contribution < 1.29 is 9.32 Å². The minimum atomic E-state index is -0.0475. The van der Waals surface area contributed by atoms with E-state index in [4.69, 9.17) is 4.52 Å². The van der Waals surface area contributed by atoms with Crippen LogP contribution in [0.1, 0.15) is 67.9 Å². The van der Waals surface area contributed by atoms with E-state index in [1.54, 1.807) is 0 Å². The molecule has 2 aromatic heterocycles. The van der Waals surface area contributed by atoms with Gasteiger partial charge in [-0.25, -0.2) is 9.78 Å². The minimum Gasteiger partial charge on any atom is -0.340 e. The molecule has 8 nitrogen and oxygen atoms in total. The summed E-state index contributed by atoms with van der Waals surface area (Å²) >= 11 is 1.28. The Morgan fingerprint density at radius 3 is 2.52 bits per heavy atom. The van der Waals surface area contributed by atoms with Crippen molar-refractivity contribution >= 4 is 22.7 Å². The number of hydrogen-bond acceptors (Lipinski definition) is 7. The SMILES string of the molecule is Cc1nc(C2CC3CCC(C2)N3C(=O)Nc2nc(C3CC3)ns2)no1. The number of urea groups is 1. The van der Waals surface area contributed by atoms with Crippen LogP contribution >= 0.6 is 11.5 Å². The first kappa shape index (κ1) is 15.2. The van der Waals surface area contributed by atoms with Gasteiger partial charge in [0.15, 0.2) is 5.82 Å². The van der Waals surface area contributed by atoms with E-state index in [2.05, 4.69) is 24.8 Å². The van der Waals surface area contributed by atoms with Gasteiger partial charge in [0.2, 0.25) is 11.0 Å². The molecule has 0 aromatic carbocycles. The molecular formula is C16H20N6O2S. The highest BCUT2D eigenvalue weighted by Gasteiger charge is 2.45. The number of hydrogen-bond donors (Lipinski definition) is 1. The molecule has 2 aromatic rings. The van der Waals surface area contributed by atoms with Gasteiger partial charge in [0.25, 0.3) is 0 Å². The number of aryl methyl sites for hydroxylation is 1. The van der Waals surface area contributed by atoms with Crippen molar-refractivity contribution in [3.8, 4) is 0 Å². The van der Waals surface area contributed by atoms with Crippen LogP contribution in [0.4, 0.5) is 9.93 Å². The summed E-state index contributed by atoms with van der Waals surface area (Å²) in [4.78, 5) is 23.6. The molecule has 2 saturated heterocycles. The Hall–Kier alpha value is -2.03. The topological polar surface area (TPSA) is 97.0 Å². The number of aromatic nitrogens is 4. The van der Waals surface area contributed by atoms with E-state index < -0.39 is 0 Å². The first-order valence-corrected chi connectivity index (χ1v) is 9.68. The minimum absolute atomic E-state index is 0.0475. The molecule has 0 radical (unpaired) electrons. The number of fused-ring (bicyclic) bond motifs is 2. The summed E-state index contributed by atoms with van der Waals surface area (Å²) in [7, 11) is 0. The van der Waals surface area contributed by atoms with Gasteiger partial charge >= 0.3 is 6.03 Å². The summed E-state index contributed by atoms with van der Waals surface area (Å²) in [5, 5.41) is 7.65. The average Bonchev–Trinajstić information content (AvgIpc) is 3.09. The molecular weight excluding hydrogens is 340 g/mol. The van der Waals surface area contributed by atoms with Crippen molar-refractivity contribution in [1.82, 2.24) is 24.4 Å². The van der Waals surface area contributed by atoms with Crippen molar-refractivity contribution in [3.63, 3.8) is 0 Å². The third-order valence-corrected chi connectivity index (χ3v) is 6.12. The lowest BCUT2D eigenvalue weighted by Gasteiger charge is -2.37. The standard InChI is InChI=1S/C16H20N6O2S/c1-8-17-13(20-24-8)10-6-11-4-5-12(7-10)22(11)16(23)19-15-18-14(21-25-15)9-2-3-9/h9-12H,2-7H2,1H3,(H,18,19,21,23).